The lowest BCUT2D eigenvalue weighted by Gasteiger charge is -2.74. The maximum absolute atomic E-state index is 14.7. The minimum Gasteiger partial charge on any atom is -0.462 e. The summed E-state index contributed by atoms with van der Waals surface area (Å²) in [6, 6.07) is 0. The molecule has 0 bridgehead atoms. The Bertz CT molecular complexity index is 959. The molecule has 5 fully saturated rings. The van der Waals surface area contributed by atoms with E-state index in [1.165, 1.54) is 26.2 Å². The molecule has 1 N–H and O–H groups in total. The molecule has 0 saturated heterocycles. The fraction of sp³-hybridized carbons (Fsp3) is 0.938. The monoisotopic (exact) mass is 516 g/mol. The van der Waals surface area contributed by atoms with E-state index in [0.717, 1.165) is 32.1 Å². The van der Waals surface area contributed by atoms with Crippen LogP contribution >= 0.6 is 0 Å². The lowest BCUT2D eigenvalue weighted by molar-refractivity contribution is -0.341. The molecular formula is C32H52O5. The number of esters is 1. The quantitative estimate of drug-likeness (QED) is 0.236. The Labute approximate surface area is 224 Å². The number of carbonyl (C=O) groups is 2. The van der Waals surface area contributed by atoms with Crippen molar-refractivity contribution in [3.63, 3.8) is 0 Å². The average molecular weight is 517 g/mol. The number of Topliss-reactive ketones (excluding diaryl/α,β-unsaturated/α-hetero) is 1. The van der Waals surface area contributed by atoms with Gasteiger partial charge in [-0.25, -0.2) is 4.89 Å². The molecule has 0 radical (unpaired) electrons. The predicted molar refractivity (Wildman–Crippen MR) is 143 cm³/mol. The topological polar surface area (TPSA) is 72.8 Å². The number of hydrogen-bond acceptors (Lipinski definition) is 5. The third-order valence-electron chi connectivity index (χ3n) is 14.1. The Morgan fingerprint density at radius 1 is 0.892 bits per heavy atom. The molecule has 5 aliphatic rings. The highest BCUT2D eigenvalue weighted by Crippen LogP contribution is 2.76. The zero-order chi connectivity index (χ0) is 27.3. The van der Waals surface area contributed by atoms with Crippen molar-refractivity contribution in [3.8, 4) is 0 Å². The summed E-state index contributed by atoms with van der Waals surface area (Å²) >= 11 is 0. The Kier molecular flexibility index (Phi) is 6.37. The summed E-state index contributed by atoms with van der Waals surface area (Å²) in [4.78, 5) is 32.0. The van der Waals surface area contributed by atoms with Crippen molar-refractivity contribution < 1.29 is 24.5 Å². The van der Waals surface area contributed by atoms with E-state index < -0.39 is 6.10 Å². The predicted octanol–water partition coefficient (Wildman–Crippen LogP) is 7.32. The van der Waals surface area contributed by atoms with Gasteiger partial charge in [0.05, 0.1) is 0 Å². The standard InChI is InChI=1S/C32H52O5/c1-18-10-13-29(6)16-17-31(8)24(23(29)19(18)2)25(34)26(37-35)27-30(7)14-12-22(36-20(3)33)28(4,5)21(30)11-15-32(27,31)9/h18-19,21-24,26-27,35H,10-17H2,1-9H3. The highest BCUT2D eigenvalue weighted by atomic mass is 17.1. The molecule has 0 aromatic rings. The minimum atomic E-state index is -0.788. The third kappa shape index (κ3) is 3.47. The van der Waals surface area contributed by atoms with Crippen molar-refractivity contribution in [1.29, 1.82) is 0 Å². The first kappa shape index (κ1) is 27.6. The van der Waals surface area contributed by atoms with Crippen LogP contribution in [0.5, 0.6) is 0 Å². The van der Waals surface area contributed by atoms with Crippen molar-refractivity contribution in [2.24, 2.45) is 62.6 Å². The molecule has 0 aromatic heterocycles. The second kappa shape index (κ2) is 8.53. The van der Waals surface area contributed by atoms with Crippen molar-refractivity contribution in [1.82, 2.24) is 0 Å². The van der Waals surface area contributed by atoms with Gasteiger partial charge >= 0.3 is 5.97 Å². The minimum absolute atomic E-state index is 0.0595. The molecule has 0 amide bonds. The highest BCUT2D eigenvalue weighted by molar-refractivity contribution is 5.88. The first-order valence-electron chi connectivity index (χ1n) is 15.1. The molecule has 0 heterocycles. The van der Waals surface area contributed by atoms with Crippen LogP contribution in [0.4, 0.5) is 0 Å². The van der Waals surface area contributed by atoms with Crippen molar-refractivity contribution in [2.75, 3.05) is 0 Å². The Morgan fingerprint density at radius 3 is 2.19 bits per heavy atom. The fourth-order valence-corrected chi connectivity index (χ4v) is 11.9. The Balaban J connectivity index is 1.61. The van der Waals surface area contributed by atoms with E-state index in [1.807, 2.05) is 0 Å². The van der Waals surface area contributed by atoms with Crippen LogP contribution in [0.25, 0.3) is 0 Å². The van der Waals surface area contributed by atoms with Gasteiger partial charge in [-0.1, -0.05) is 55.4 Å². The summed E-state index contributed by atoms with van der Waals surface area (Å²) in [5.74, 6) is 1.51. The molecule has 210 valence electrons. The summed E-state index contributed by atoms with van der Waals surface area (Å²) in [6.07, 6.45) is 7.51. The van der Waals surface area contributed by atoms with Gasteiger partial charge in [0.15, 0.2) is 11.9 Å². The van der Waals surface area contributed by atoms with Crippen LogP contribution in [0, 0.1) is 62.6 Å². The van der Waals surface area contributed by atoms with Crippen LogP contribution in [0.3, 0.4) is 0 Å². The molecule has 5 rings (SSSR count). The summed E-state index contributed by atoms with van der Waals surface area (Å²) in [5.41, 5.74) is -0.448. The van der Waals surface area contributed by atoms with Crippen molar-refractivity contribution in [2.45, 2.75) is 126 Å². The van der Waals surface area contributed by atoms with E-state index in [0.29, 0.717) is 17.8 Å². The average Bonchev–Trinajstić information content (AvgIpc) is 2.81. The highest BCUT2D eigenvalue weighted by Gasteiger charge is 2.75. The Hall–Kier alpha value is -0.940. The van der Waals surface area contributed by atoms with Gasteiger partial charge in [0, 0.05) is 24.2 Å². The van der Waals surface area contributed by atoms with Gasteiger partial charge < -0.3 is 4.74 Å². The van der Waals surface area contributed by atoms with Gasteiger partial charge in [-0.2, -0.15) is 0 Å². The SMILES string of the molecule is CC(=O)OC1CCC2(C)C(CCC3(C)C2C(OO)C(=O)C2C4C(C)C(C)CCC4(C)CCC23C)C1(C)C. The lowest BCUT2D eigenvalue weighted by Crippen LogP contribution is -2.73. The normalized spacial score (nSPS) is 54.8. The van der Waals surface area contributed by atoms with Gasteiger partial charge in [0.1, 0.15) is 6.10 Å². The van der Waals surface area contributed by atoms with E-state index in [9.17, 15) is 14.8 Å². The van der Waals surface area contributed by atoms with Gasteiger partial charge in [0.2, 0.25) is 0 Å². The van der Waals surface area contributed by atoms with E-state index >= 15 is 0 Å². The molecular weight excluding hydrogens is 464 g/mol. The van der Waals surface area contributed by atoms with Crippen LogP contribution in [0.2, 0.25) is 0 Å². The summed E-state index contributed by atoms with van der Waals surface area (Å²) in [6.45, 7) is 20.4. The van der Waals surface area contributed by atoms with Crippen LogP contribution in [0.1, 0.15) is 114 Å². The zero-order valence-electron chi connectivity index (χ0n) is 24.9. The number of ketones is 1. The van der Waals surface area contributed by atoms with Crippen LogP contribution in [0.15, 0.2) is 0 Å². The van der Waals surface area contributed by atoms with Crippen LogP contribution < -0.4 is 0 Å². The molecule has 5 heteroatoms. The Morgan fingerprint density at radius 2 is 1.57 bits per heavy atom. The first-order valence-corrected chi connectivity index (χ1v) is 15.1. The molecule has 5 saturated carbocycles. The van der Waals surface area contributed by atoms with Crippen LogP contribution in [-0.4, -0.2) is 29.2 Å². The first-order chi connectivity index (χ1) is 17.1. The maximum Gasteiger partial charge on any atom is 0.302 e. The number of ether oxygens (including phenoxy) is 1. The fourth-order valence-electron chi connectivity index (χ4n) is 11.9. The summed E-state index contributed by atoms with van der Waals surface area (Å²) in [5, 5.41) is 10.5. The lowest BCUT2D eigenvalue weighted by atomic mass is 9.30. The van der Waals surface area contributed by atoms with Gasteiger partial charge in [-0.3, -0.25) is 14.8 Å². The molecule has 0 aromatic carbocycles. The van der Waals surface area contributed by atoms with E-state index in [1.54, 1.807) is 0 Å². The number of carbonyl (C=O) groups excluding carboxylic acids is 2. The smallest absolute Gasteiger partial charge is 0.302 e. The second-order valence-corrected chi connectivity index (χ2v) is 15.8. The third-order valence-corrected chi connectivity index (χ3v) is 14.1. The van der Waals surface area contributed by atoms with E-state index in [2.05, 4.69) is 55.4 Å². The van der Waals surface area contributed by atoms with E-state index in [-0.39, 0.29) is 62.7 Å². The van der Waals surface area contributed by atoms with E-state index in [4.69, 9.17) is 9.62 Å². The molecule has 0 spiro atoms. The molecule has 5 nitrogen and oxygen atoms in total. The molecule has 12 unspecified atom stereocenters. The van der Waals surface area contributed by atoms with Gasteiger partial charge in [-0.05, 0) is 96.7 Å². The summed E-state index contributed by atoms with van der Waals surface area (Å²) in [7, 11) is 0. The maximum atomic E-state index is 14.7. The molecule has 0 aliphatic heterocycles. The molecule has 5 aliphatic carbocycles. The zero-order valence-corrected chi connectivity index (χ0v) is 24.9. The van der Waals surface area contributed by atoms with Gasteiger partial charge in [-0.15, -0.1) is 0 Å². The number of hydrogen-bond donors (Lipinski definition) is 1. The van der Waals surface area contributed by atoms with Crippen LogP contribution in [-0.2, 0) is 19.2 Å². The van der Waals surface area contributed by atoms with Crippen molar-refractivity contribution in [3.05, 3.63) is 0 Å². The second-order valence-electron chi connectivity index (χ2n) is 15.8. The summed E-state index contributed by atoms with van der Waals surface area (Å²) < 4.78 is 5.85. The number of rotatable bonds is 2. The molecule has 37 heavy (non-hydrogen) atoms. The molecule has 12 atom stereocenters. The van der Waals surface area contributed by atoms with Crippen molar-refractivity contribution >= 4 is 11.8 Å². The largest absolute Gasteiger partial charge is 0.462 e. The van der Waals surface area contributed by atoms with Gasteiger partial charge in [0.25, 0.3) is 0 Å². The number of fused-ring (bicyclic) bond motifs is 7.